The van der Waals surface area contributed by atoms with Crippen LogP contribution in [0.5, 0.6) is 0 Å². The zero-order valence-electron chi connectivity index (χ0n) is 28.6. The smallest absolute Gasteiger partial charge is 0.322 e. The summed E-state index contributed by atoms with van der Waals surface area (Å²) in [6.45, 7) is 0.259. The van der Waals surface area contributed by atoms with Crippen molar-refractivity contribution >= 4 is 23.9 Å². The van der Waals surface area contributed by atoms with Crippen LogP contribution in [-0.2, 0) is 25.6 Å². The third-order valence-electron chi connectivity index (χ3n) is 3.85. The summed E-state index contributed by atoms with van der Waals surface area (Å²) in [4.78, 5) is 38.5. The van der Waals surface area contributed by atoms with Gasteiger partial charge in [-0.1, -0.05) is 30.3 Å². The fourth-order valence-corrected chi connectivity index (χ4v) is 1.15. The molecule has 23 heteroatoms. The molecule has 0 fully saturated rings. The normalized spacial score (nSPS) is 11.5. The number of carbonyl (C=O) groups is 4. The Morgan fingerprint density at radius 2 is 0.784 bits per heavy atom. The van der Waals surface area contributed by atoms with E-state index < -0.39 is 67.0 Å². The molecule has 0 radical (unpaired) electrons. The number of aliphatic hydroxyl groups excluding tert-OH is 11. The molecule has 4 atom stereocenters. The van der Waals surface area contributed by atoms with Gasteiger partial charge in [0.25, 0.3) is 0 Å². The molecule has 51 heavy (non-hydrogen) atoms. The SMILES string of the molecule is CC(O)CO.CC(O)CO.NCC(=O)O.NCC(=O)O.N[C@@H](CO)C(=O)O.N[C@@H](Cc1ccccc1)C(=O)O.OCC(O)CO.OCC(O)CO. The van der Waals surface area contributed by atoms with Crippen molar-refractivity contribution in [3.8, 4) is 0 Å². The minimum absolute atomic E-state index is 0.139. The summed E-state index contributed by atoms with van der Waals surface area (Å²) in [5.41, 5.74) is 20.2. The molecule has 2 unspecified atom stereocenters. The first-order valence-electron chi connectivity index (χ1n) is 14.4. The first-order chi connectivity index (χ1) is 23.6. The largest absolute Gasteiger partial charge is 0.480 e. The summed E-state index contributed by atoms with van der Waals surface area (Å²) in [5.74, 6) is -4.07. The number of nitrogens with two attached hydrogens (primary N) is 4. The number of carboxylic acid groups (broad SMARTS) is 4. The molecule has 0 saturated carbocycles. The van der Waals surface area contributed by atoms with Crippen molar-refractivity contribution in [3.05, 3.63) is 35.9 Å². The zero-order chi connectivity index (χ0) is 42.0. The molecule has 0 aliphatic rings. The van der Waals surface area contributed by atoms with Crippen molar-refractivity contribution in [3.63, 3.8) is 0 Å². The van der Waals surface area contributed by atoms with Crippen LogP contribution in [0.25, 0.3) is 0 Å². The van der Waals surface area contributed by atoms with Gasteiger partial charge in [0.2, 0.25) is 0 Å². The van der Waals surface area contributed by atoms with Crippen molar-refractivity contribution in [2.24, 2.45) is 22.9 Å². The Balaban J connectivity index is -0.0000000892. The fraction of sp³-hybridized carbons (Fsp3) is 0.643. The summed E-state index contributed by atoms with van der Waals surface area (Å²) in [6.07, 6.45) is -2.64. The highest BCUT2D eigenvalue weighted by Gasteiger charge is 2.11. The molecule has 0 saturated heterocycles. The van der Waals surface area contributed by atoms with Crippen LogP contribution >= 0.6 is 0 Å². The highest BCUT2D eigenvalue weighted by atomic mass is 16.4. The third kappa shape index (κ3) is 77.4. The Bertz CT molecular complexity index is 847. The van der Waals surface area contributed by atoms with E-state index in [0.29, 0.717) is 6.42 Å². The number of hydrogen-bond donors (Lipinski definition) is 19. The second kappa shape index (κ2) is 48.6. The maximum Gasteiger partial charge on any atom is 0.322 e. The van der Waals surface area contributed by atoms with E-state index in [2.05, 4.69) is 11.5 Å². The Kier molecular flexibility index (Phi) is 59.7. The molecule has 0 heterocycles. The van der Waals surface area contributed by atoms with Crippen molar-refractivity contribution in [1.82, 2.24) is 0 Å². The Hall–Kier alpha value is -3.50. The Morgan fingerprint density at radius 3 is 0.902 bits per heavy atom. The number of carboxylic acids is 4. The van der Waals surface area contributed by atoms with E-state index >= 15 is 0 Å². The van der Waals surface area contributed by atoms with E-state index in [1.807, 2.05) is 30.3 Å². The quantitative estimate of drug-likeness (QED) is 0.0888. The van der Waals surface area contributed by atoms with Crippen LogP contribution in [0.4, 0.5) is 0 Å². The first-order valence-corrected chi connectivity index (χ1v) is 14.4. The fourth-order valence-electron chi connectivity index (χ4n) is 1.15. The summed E-state index contributed by atoms with van der Waals surface area (Å²) in [7, 11) is 0. The van der Waals surface area contributed by atoms with Crippen LogP contribution in [0.15, 0.2) is 30.3 Å². The summed E-state index contributed by atoms with van der Waals surface area (Å²) < 4.78 is 0. The van der Waals surface area contributed by atoms with Gasteiger partial charge in [0.05, 0.1) is 71.5 Å². The highest BCUT2D eigenvalue weighted by Crippen LogP contribution is 2.01. The average Bonchev–Trinajstić information content (AvgIpc) is 3.12. The average molecular weight is 757 g/mol. The molecule has 1 rings (SSSR count). The molecule has 0 aliphatic heterocycles. The summed E-state index contributed by atoms with van der Waals surface area (Å²) in [6, 6.07) is 7.42. The van der Waals surface area contributed by atoms with E-state index in [1.165, 1.54) is 13.8 Å². The lowest BCUT2D eigenvalue weighted by Gasteiger charge is -2.04. The van der Waals surface area contributed by atoms with Crippen LogP contribution in [0.2, 0.25) is 0 Å². The highest BCUT2D eigenvalue weighted by molar-refractivity contribution is 5.73. The van der Waals surface area contributed by atoms with Gasteiger partial charge in [-0.25, -0.2) is 0 Å². The molecule has 0 aliphatic carbocycles. The van der Waals surface area contributed by atoms with E-state index in [0.717, 1.165) is 5.56 Å². The number of hydrogen-bond acceptors (Lipinski definition) is 19. The molecule has 0 spiro atoms. The van der Waals surface area contributed by atoms with E-state index in [1.54, 1.807) is 0 Å². The van der Waals surface area contributed by atoms with Gasteiger partial charge < -0.3 is 99.5 Å². The van der Waals surface area contributed by atoms with Gasteiger partial charge in [0.15, 0.2) is 0 Å². The van der Waals surface area contributed by atoms with Gasteiger partial charge in [0.1, 0.15) is 24.3 Å². The van der Waals surface area contributed by atoms with Gasteiger partial charge in [-0.3, -0.25) is 19.2 Å². The number of aliphatic carboxylic acids is 4. The molecule has 23 N–H and O–H groups in total. The van der Waals surface area contributed by atoms with Gasteiger partial charge in [-0.05, 0) is 25.8 Å². The maximum atomic E-state index is 10.4. The molecule has 23 nitrogen and oxygen atoms in total. The monoisotopic (exact) mass is 756 g/mol. The first kappa shape index (κ1) is 62.6. The predicted octanol–water partition coefficient (Wildman–Crippen LogP) is -7.53. The topological polar surface area (TPSA) is 476 Å². The maximum absolute atomic E-state index is 10.4. The van der Waals surface area contributed by atoms with Gasteiger partial charge in [0, 0.05) is 0 Å². The predicted molar refractivity (Wildman–Crippen MR) is 180 cm³/mol. The van der Waals surface area contributed by atoms with Gasteiger partial charge in [-0.2, -0.15) is 0 Å². The van der Waals surface area contributed by atoms with Crippen LogP contribution in [0, 0.1) is 0 Å². The molecule has 306 valence electrons. The molecular formula is C28H60N4O19. The standard InChI is InChI=1S/C9H11NO2.C3H7NO3.2C3H8O3.2C3H8O2.2C2H5NO2/c10-8(9(11)12)6-7-4-2-1-3-5-7;4-2(1-5)3(6)7;2*4-1-3(6)2-5;2*1-3(5)2-4;2*3-1-2(4)5/h1-5,8H,6,10H2,(H,11,12);2,5H,1,4H2,(H,6,7);2*3-6H,1-2H2;2*3-5H,2H2,1H3;2*1,3H2,(H,4,5)/t8-;2-;;;;;;/m00....../s1. The van der Waals surface area contributed by atoms with E-state index in [4.69, 9.17) is 88.1 Å². The van der Waals surface area contributed by atoms with Crippen molar-refractivity contribution in [2.45, 2.75) is 56.8 Å². The van der Waals surface area contributed by atoms with E-state index in [9.17, 15) is 19.2 Å². The lowest BCUT2D eigenvalue weighted by Crippen LogP contribution is -2.33. The van der Waals surface area contributed by atoms with Crippen LogP contribution in [0.3, 0.4) is 0 Å². The Morgan fingerprint density at radius 1 is 0.529 bits per heavy atom. The van der Waals surface area contributed by atoms with E-state index in [-0.39, 0.29) is 52.7 Å². The van der Waals surface area contributed by atoms with Crippen molar-refractivity contribution in [1.29, 1.82) is 0 Å². The third-order valence-corrected chi connectivity index (χ3v) is 3.85. The van der Waals surface area contributed by atoms with Crippen molar-refractivity contribution in [2.75, 3.05) is 59.3 Å². The summed E-state index contributed by atoms with van der Waals surface area (Å²) >= 11 is 0. The number of benzene rings is 1. The molecular weight excluding hydrogens is 696 g/mol. The second-order valence-electron chi connectivity index (χ2n) is 9.06. The zero-order valence-corrected chi connectivity index (χ0v) is 28.6. The molecule has 0 aromatic heterocycles. The van der Waals surface area contributed by atoms with Crippen molar-refractivity contribution < 1.29 is 95.8 Å². The van der Waals surface area contributed by atoms with Crippen LogP contribution in [0.1, 0.15) is 19.4 Å². The Labute approximate surface area is 294 Å². The molecule has 0 amide bonds. The summed E-state index contributed by atoms with van der Waals surface area (Å²) in [5, 5.41) is 120. The minimum atomic E-state index is -1.18. The lowest BCUT2D eigenvalue weighted by molar-refractivity contribution is -0.140. The van der Waals surface area contributed by atoms with Gasteiger partial charge >= 0.3 is 23.9 Å². The van der Waals surface area contributed by atoms with Crippen LogP contribution < -0.4 is 22.9 Å². The molecule has 1 aromatic rings. The minimum Gasteiger partial charge on any atom is -0.480 e. The molecule has 0 bridgehead atoms. The molecule has 1 aromatic carbocycles. The number of aliphatic hydroxyl groups is 11. The lowest BCUT2D eigenvalue weighted by atomic mass is 10.1. The van der Waals surface area contributed by atoms with Gasteiger partial charge in [-0.15, -0.1) is 0 Å². The second-order valence-corrected chi connectivity index (χ2v) is 9.06. The van der Waals surface area contributed by atoms with Crippen LogP contribution in [-0.4, -0.2) is 196 Å². The number of rotatable bonds is 13.